The molecule has 0 aliphatic carbocycles. The van der Waals surface area contributed by atoms with E-state index < -0.39 is 0 Å². The van der Waals surface area contributed by atoms with Gasteiger partial charge in [0.15, 0.2) is 5.82 Å². The van der Waals surface area contributed by atoms with E-state index in [1.54, 1.807) is 12.4 Å². The van der Waals surface area contributed by atoms with Crippen LogP contribution in [0.1, 0.15) is 0 Å². The first-order valence-corrected chi connectivity index (χ1v) is 16.2. The van der Waals surface area contributed by atoms with Crippen LogP contribution in [0.3, 0.4) is 0 Å². The van der Waals surface area contributed by atoms with E-state index in [1.165, 1.54) is 32.6 Å². The average molecular weight is 615 g/mol. The lowest BCUT2D eigenvalue weighted by Gasteiger charge is -2.27. The minimum atomic E-state index is 0.714. The molecular formula is C44H30N4. The summed E-state index contributed by atoms with van der Waals surface area (Å²) >= 11 is 0. The first-order chi connectivity index (χ1) is 23.8. The van der Waals surface area contributed by atoms with Crippen LogP contribution < -0.4 is 4.90 Å². The van der Waals surface area contributed by atoms with Gasteiger partial charge in [0.2, 0.25) is 0 Å². The fourth-order valence-corrected chi connectivity index (χ4v) is 6.89. The zero-order valence-corrected chi connectivity index (χ0v) is 26.1. The van der Waals surface area contributed by atoms with E-state index >= 15 is 0 Å². The smallest absolute Gasteiger partial charge is 0.159 e. The number of fused-ring (bicyclic) bond motifs is 4. The van der Waals surface area contributed by atoms with Gasteiger partial charge in [0.1, 0.15) is 0 Å². The highest BCUT2D eigenvalue weighted by Gasteiger charge is 2.17. The van der Waals surface area contributed by atoms with Crippen LogP contribution in [0.15, 0.2) is 182 Å². The second-order valence-electron chi connectivity index (χ2n) is 11.9. The van der Waals surface area contributed by atoms with Crippen molar-refractivity contribution in [2.75, 3.05) is 4.90 Å². The summed E-state index contributed by atoms with van der Waals surface area (Å²) in [6, 6.07) is 60.4. The summed E-state index contributed by atoms with van der Waals surface area (Å²) in [5.41, 5.74) is 10.1. The van der Waals surface area contributed by atoms with Gasteiger partial charge in [-0.25, -0.2) is 9.97 Å². The molecule has 9 aromatic rings. The summed E-state index contributed by atoms with van der Waals surface area (Å²) in [5, 5.41) is 4.91. The molecule has 0 atom stereocenters. The molecule has 0 saturated carbocycles. The molecule has 226 valence electrons. The van der Waals surface area contributed by atoms with Gasteiger partial charge in [0.25, 0.3) is 0 Å². The van der Waals surface area contributed by atoms with E-state index in [4.69, 9.17) is 0 Å². The summed E-state index contributed by atoms with van der Waals surface area (Å²) in [4.78, 5) is 11.3. The zero-order chi connectivity index (χ0) is 31.9. The Morgan fingerprint density at radius 1 is 0.417 bits per heavy atom. The van der Waals surface area contributed by atoms with Crippen molar-refractivity contribution < 1.29 is 0 Å². The van der Waals surface area contributed by atoms with Crippen LogP contribution in [0.2, 0.25) is 0 Å². The third-order valence-electron chi connectivity index (χ3n) is 9.08. The van der Waals surface area contributed by atoms with Crippen LogP contribution in [0.4, 0.5) is 17.1 Å². The molecule has 0 bridgehead atoms. The van der Waals surface area contributed by atoms with Crippen molar-refractivity contribution in [3.05, 3.63) is 182 Å². The molecule has 7 aromatic carbocycles. The standard InChI is InChI=1S/C44H30N4/c1-2-17-38-31(11-1)12-9-22-41(38)47(35-25-23-32(24-26-35)44-45-27-10-28-46-44)36-15-7-13-33(29-36)34-14-8-16-37(30-34)48-42-20-5-3-18-39(42)40-19-4-6-21-43(40)48/h1-30H. The lowest BCUT2D eigenvalue weighted by Crippen LogP contribution is -2.10. The quantitative estimate of drug-likeness (QED) is 0.187. The van der Waals surface area contributed by atoms with Gasteiger partial charge < -0.3 is 9.47 Å². The van der Waals surface area contributed by atoms with Crippen molar-refractivity contribution in [3.63, 3.8) is 0 Å². The highest BCUT2D eigenvalue weighted by atomic mass is 15.1. The van der Waals surface area contributed by atoms with Gasteiger partial charge in [-0.05, 0) is 89.3 Å². The van der Waals surface area contributed by atoms with Gasteiger partial charge in [0.05, 0.1) is 16.7 Å². The van der Waals surface area contributed by atoms with E-state index in [-0.39, 0.29) is 0 Å². The van der Waals surface area contributed by atoms with E-state index in [0.717, 1.165) is 39.4 Å². The summed E-state index contributed by atoms with van der Waals surface area (Å²) < 4.78 is 2.37. The SMILES string of the molecule is c1cnc(-c2ccc(N(c3cccc(-c4cccc(-n5c6ccccc6c6ccccc65)c4)c3)c3cccc4ccccc34)cc2)nc1. The topological polar surface area (TPSA) is 34.0 Å². The Bertz CT molecular complexity index is 2510. The number of anilines is 3. The summed E-state index contributed by atoms with van der Waals surface area (Å²) in [6.45, 7) is 0. The van der Waals surface area contributed by atoms with Gasteiger partial charge in [-0.3, -0.25) is 0 Å². The Morgan fingerprint density at radius 2 is 1.02 bits per heavy atom. The maximum atomic E-state index is 4.46. The minimum absolute atomic E-state index is 0.714. The molecule has 2 aromatic heterocycles. The number of hydrogen-bond acceptors (Lipinski definition) is 3. The third-order valence-corrected chi connectivity index (χ3v) is 9.08. The second kappa shape index (κ2) is 11.7. The molecule has 48 heavy (non-hydrogen) atoms. The molecule has 0 amide bonds. The Balaban J connectivity index is 1.18. The Morgan fingerprint density at radius 3 is 1.77 bits per heavy atom. The molecule has 0 fully saturated rings. The predicted octanol–water partition coefficient (Wildman–Crippen LogP) is 11.5. The van der Waals surface area contributed by atoms with E-state index in [0.29, 0.717) is 5.82 Å². The average Bonchev–Trinajstić information content (AvgIpc) is 3.50. The molecule has 0 saturated heterocycles. The van der Waals surface area contributed by atoms with Crippen molar-refractivity contribution in [1.82, 2.24) is 14.5 Å². The maximum absolute atomic E-state index is 4.46. The molecule has 0 spiro atoms. The number of benzene rings is 7. The van der Waals surface area contributed by atoms with Gasteiger partial charge >= 0.3 is 0 Å². The highest BCUT2D eigenvalue weighted by Crippen LogP contribution is 2.41. The van der Waals surface area contributed by atoms with Crippen LogP contribution in [0.25, 0.3) is 60.8 Å². The number of nitrogens with zero attached hydrogens (tertiary/aromatic N) is 4. The van der Waals surface area contributed by atoms with Crippen molar-refractivity contribution in [1.29, 1.82) is 0 Å². The van der Waals surface area contributed by atoms with Crippen LogP contribution in [-0.2, 0) is 0 Å². The lowest BCUT2D eigenvalue weighted by atomic mass is 10.0. The summed E-state index contributed by atoms with van der Waals surface area (Å²) in [7, 11) is 0. The molecule has 0 unspecified atom stereocenters. The zero-order valence-electron chi connectivity index (χ0n) is 26.1. The Labute approximate surface area is 278 Å². The number of hydrogen-bond donors (Lipinski definition) is 0. The second-order valence-corrected chi connectivity index (χ2v) is 11.9. The molecule has 0 radical (unpaired) electrons. The first kappa shape index (κ1) is 27.8. The Hall–Kier alpha value is -6.52. The van der Waals surface area contributed by atoms with Crippen molar-refractivity contribution in [2.45, 2.75) is 0 Å². The maximum Gasteiger partial charge on any atom is 0.159 e. The predicted molar refractivity (Wildman–Crippen MR) is 199 cm³/mol. The monoisotopic (exact) mass is 614 g/mol. The highest BCUT2D eigenvalue weighted by molar-refractivity contribution is 6.09. The molecule has 4 heteroatoms. The van der Waals surface area contributed by atoms with Crippen molar-refractivity contribution in [2.24, 2.45) is 0 Å². The van der Waals surface area contributed by atoms with Crippen LogP contribution in [0, 0.1) is 0 Å². The van der Waals surface area contributed by atoms with E-state index in [1.807, 2.05) is 6.07 Å². The van der Waals surface area contributed by atoms with E-state index in [9.17, 15) is 0 Å². The largest absolute Gasteiger partial charge is 0.310 e. The van der Waals surface area contributed by atoms with Gasteiger partial charge in [-0.1, -0.05) is 97.1 Å². The molecule has 0 aliphatic rings. The first-order valence-electron chi connectivity index (χ1n) is 16.2. The molecule has 0 N–H and O–H groups in total. The third kappa shape index (κ3) is 4.79. The van der Waals surface area contributed by atoms with Gasteiger partial charge in [-0.15, -0.1) is 0 Å². The van der Waals surface area contributed by atoms with Crippen LogP contribution >= 0.6 is 0 Å². The van der Waals surface area contributed by atoms with E-state index in [2.05, 4.69) is 183 Å². The fraction of sp³-hybridized carbons (Fsp3) is 0. The number of aromatic nitrogens is 3. The van der Waals surface area contributed by atoms with Crippen LogP contribution in [-0.4, -0.2) is 14.5 Å². The van der Waals surface area contributed by atoms with Gasteiger partial charge in [-0.2, -0.15) is 0 Å². The molecule has 0 aliphatic heterocycles. The molecule has 4 nitrogen and oxygen atoms in total. The Kier molecular flexibility index (Phi) is 6.76. The number of rotatable bonds is 6. The molecule has 9 rings (SSSR count). The van der Waals surface area contributed by atoms with Gasteiger partial charge in [0, 0.05) is 51.2 Å². The molecular weight excluding hydrogens is 585 g/mol. The van der Waals surface area contributed by atoms with Crippen molar-refractivity contribution in [3.8, 4) is 28.2 Å². The van der Waals surface area contributed by atoms with Crippen LogP contribution in [0.5, 0.6) is 0 Å². The minimum Gasteiger partial charge on any atom is -0.310 e. The van der Waals surface area contributed by atoms with Crippen molar-refractivity contribution >= 4 is 49.6 Å². The summed E-state index contributed by atoms with van der Waals surface area (Å²) in [5.74, 6) is 0.714. The lowest BCUT2D eigenvalue weighted by molar-refractivity contribution is 1.17. The fourth-order valence-electron chi connectivity index (χ4n) is 6.89. The molecule has 2 heterocycles. The summed E-state index contributed by atoms with van der Waals surface area (Å²) in [6.07, 6.45) is 3.56. The number of para-hydroxylation sites is 2. The normalized spacial score (nSPS) is 11.3.